The molecule has 3 saturated carbocycles. The average Bonchev–Trinajstić information content (AvgIpc) is 2.87. The van der Waals surface area contributed by atoms with Crippen molar-refractivity contribution in [2.45, 2.75) is 78.2 Å². The molecule has 0 bridgehead atoms. The maximum absolute atomic E-state index is 12.8. The summed E-state index contributed by atoms with van der Waals surface area (Å²) >= 11 is 0. The van der Waals surface area contributed by atoms with E-state index in [1.54, 1.807) is 6.92 Å². The van der Waals surface area contributed by atoms with E-state index in [-0.39, 0.29) is 17.2 Å². The summed E-state index contributed by atoms with van der Waals surface area (Å²) in [6, 6.07) is 0. The molecular formula is C23H32O4. The van der Waals surface area contributed by atoms with Gasteiger partial charge in [0.25, 0.3) is 0 Å². The zero-order valence-electron chi connectivity index (χ0n) is 17.0. The van der Waals surface area contributed by atoms with Crippen molar-refractivity contribution < 1.29 is 19.1 Å². The molecule has 0 N–H and O–H groups in total. The van der Waals surface area contributed by atoms with Gasteiger partial charge in [-0.3, -0.25) is 14.4 Å². The van der Waals surface area contributed by atoms with Gasteiger partial charge in [0.1, 0.15) is 0 Å². The minimum Gasteiger partial charge on any atom is -0.451 e. The van der Waals surface area contributed by atoms with Gasteiger partial charge < -0.3 is 4.74 Å². The molecule has 27 heavy (non-hydrogen) atoms. The molecule has 4 aliphatic rings. The predicted molar refractivity (Wildman–Crippen MR) is 102 cm³/mol. The summed E-state index contributed by atoms with van der Waals surface area (Å²) in [6.07, 6.45) is 8.24. The highest BCUT2D eigenvalue weighted by Gasteiger charge is 2.67. The standard InChI is InChI=1S/C23H32O4/c1-13-12-22(4)20(9-10-23(22,14(2)24)27-15(3)25)19-7-5-16-11-17(26)6-8-18(16)21(13)19/h11,13,18-21H,5-10,12H2,1-4H3/t13-,18-,19-,20-,21+,22-,23+/m0/s1. The zero-order valence-corrected chi connectivity index (χ0v) is 17.0. The van der Waals surface area contributed by atoms with E-state index in [1.807, 2.05) is 6.08 Å². The van der Waals surface area contributed by atoms with Gasteiger partial charge in [-0.05, 0) is 81.1 Å². The molecule has 7 atom stereocenters. The lowest BCUT2D eigenvalue weighted by Crippen LogP contribution is -2.59. The van der Waals surface area contributed by atoms with Crippen molar-refractivity contribution in [1.82, 2.24) is 0 Å². The smallest absolute Gasteiger partial charge is 0.303 e. The Balaban J connectivity index is 1.71. The van der Waals surface area contributed by atoms with E-state index >= 15 is 0 Å². The first-order chi connectivity index (χ1) is 12.7. The van der Waals surface area contributed by atoms with Crippen LogP contribution in [-0.4, -0.2) is 23.1 Å². The minimum absolute atomic E-state index is 0.00741. The van der Waals surface area contributed by atoms with Crippen LogP contribution in [0.15, 0.2) is 11.6 Å². The Morgan fingerprint density at radius 2 is 1.89 bits per heavy atom. The number of allylic oxidation sites excluding steroid dienone is 1. The average molecular weight is 373 g/mol. The molecule has 0 saturated heterocycles. The van der Waals surface area contributed by atoms with Crippen molar-refractivity contribution in [3.05, 3.63) is 11.6 Å². The Labute approximate surface area is 162 Å². The topological polar surface area (TPSA) is 60.4 Å². The lowest BCUT2D eigenvalue weighted by molar-refractivity contribution is -0.189. The molecule has 0 aliphatic heterocycles. The number of esters is 1. The first kappa shape index (κ1) is 18.9. The second kappa shape index (κ2) is 6.28. The Hall–Kier alpha value is -1.45. The molecule has 4 rings (SSSR count). The van der Waals surface area contributed by atoms with Gasteiger partial charge in [-0.1, -0.05) is 19.4 Å². The number of hydrogen-bond acceptors (Lipinski definition) is 4. The summed E-state index contributed by atoms with van der Waals surface area (Å²) in [5.41, 5.74) is 0.136. The van der Waals surface area contributed by atoms with Gasteiger partial charge in [-0.15, -0.1) is 0 Å². The number of Topliss-reactive ketones (excluding diaryl/α,β-unsaturated/α-hetero) is 1. The zero-order chi connectivity index (χ0) is 19.6. The highest BCUT2D eigenvalue weighted by molar-refractivity contribution is 5.91. The van der Waals surface area contributed by atoms with Crippen LogP contribution in [0.25, 0.3) is 0 Å². The van der Waals surface area contributed by atoms with E-state index in [4.69, 9.17) is 4.74 Å². The molecule has 3 fully saturated rings. The molecule has 0 aromatic rings. The molecule has 0 spiro atoms. The largest absolute Gasteiger partial charge is 0.451 e. The third-order valence-electron chi connectivity index (χ3n) is 8.60. The molecule has 0 amide bonds. The molecule has 0 unspecified atom stereocenters. The van der Waals surface area contributed by atoms with E-state index in [0.29, 0.717) is 48.2 Å². The molecule has 0 heterocycles. The van der Waals surface area contributed by atoms with E-state index in [2.05, 4.69) is 13.8 Å². The summed E-state index contributed by atoms with van der Waals surface area (Å²) in [6.45, 7) is 7.54. The fourth-order valence-electron chi connectivity index (χ4n) is 7.81. The number of ether oxygens (including phenoxy) is 1. The Bertz CT molecular complexity index is 722. The van der Waals surface area contributed by atoms with E-state index in [1.165, 1.54) is 12.5 Å². The Morgan fingerprint density at radius 3 is 2.56 bits per heavy atom. The number of fused-ring (bicyclic) bond motifs is 5. The fourth-order valence-corrected chi connectivity index (χ4v) is 7.81. The van der Waals surface area contributed by atoms with Crippen LogP contribution < -0.4 is 0 Å². The van der Waals surface area contributed by atoms with Gasteiger partial charge in [0.2, 0.25) is 0 Å². The summed E-state index contributed by atoms with van der Waals surface area (Å²) in [5.74, 6) is 2.52. The summed E-state index contributed by atoms with van der Waals surface area (Å²) < 4.78 is 5.84. The SMILES string of the molecule is CC(=O)O[C@@]1(C(C)=O)CC[C@H]2[C@@H]3CCC4=CC(=O)CC[C@@H]4[C@H]3[C@@H](C)C[C@@]21C. The third kappa shape index (κ3) is 2.58. The Kier molecular flexibility index (Phi) is 4.40. The lowest BCUT2D eigenvalue weighted by Gasteiger charge is -2.58. The van der Waals surface area contributed by atoms with Crippen LogP contribution in [0.5, 0.6) is 0 Å². The molecule has 0 aromatic heterocycles. The van der Waals surface area contributed by atoms with E-state index in [9.17, 15) is 14.4 Å². The van der Waals surface area contributed by atoms with Gasteiger partial charge in [0.15, 0.2) is 17.2 Å². The van der Waals surface area contributed by atoms with E-state index in [0.717, 1.165) is 32.1 Å². The Morgan fingerprint density at radius 1 is 1.15 bits per heavy atom. The van der Waals surface area contributed by atoms with Gasteiger partial charge in [-0.25, -0.2) is 0 Å². The normalized spacial score (nSPS) is 46.0. The minimum atomic E-state index is -0.957. The number of hydrogen-bond donors (Lipinski definition) is 0. The van der Waals surface area contributed by atoms with Crippen molar-refractivity contribution in [3.8, 4) is 0 Å². The van der Waals surface area contributed by atoms with Crippen LogP contribution in [0, 0.1) is 35.0 Å². The van der Waals surface area contributed by atoms with Crippen molar-refractivity contribution in [2.75, 3.05) is 0 Å². The lowest BCUT2D eigenvalue weighted by atomic mass is 9.47. The van der Waals surface area contributed by atoms with Crippen molar-refractivity contribution in [1.29, 1.82) is 0 Å². The van der Waals surface area contributed by atoms with Gasteiger partial charge in [0, 0.05) is 18.8 Å². The molecule has 4 nitrogen and oxygen atoms in total. The van der Waals surface area contributed by atoms with Crippen LogP contribution >= 0.6 is 0 Å². The van der Waals surface area contributed by atoms with Crippen molar-refractivity contribution in [2.24, 2.45) is 35.0 Å². The summed E-state index contributed by atoms with van der Waals surface area (Å²) in [5, 5.41) is 0. The molecular weight excluding hydrogens is 340 g/mol. The van der Waals surface area contributed by atoms with Crippen LogP contribution in [0.1, 0.15) is 72.6 Å². The maximum Gasteiger partial charge on any atom is 0.303 e. The second-order valence-corrected chi connectivity index (χ2v) is 9.83. The maximum atomic E-state index is 12.8. The van der Waals surface area contributed by atoms with Crippen LogP contribution in [0.2, 0.25) is 0 Å². The van der Waals surface area contributed by atoms with Gasteiger partial charge >= 0.3 is 5.97 Å². The molecule has 0 radical (unpaired) electrons. The monoisotopic (exact) mass is 372 g/mol. The highest BCUT2D eigenvalue weighted by Crippen LogP contribution is 2.67. The van der Waals surface area contributed by atoms with Gasteiger partial charge in [-0.2, -0.15) is 0 Å². The molecule has 0 aromatic carbocycles. The second-order valence-electron chi connectivity index (χ2n) is 9.83. The number of ketones is 2. The molecule has 4 heteroatoms. The molecule has 4 aliphatic carbocycles. The predicted octanol–water partition coefficient (Wildman–Crippen LogP) is 4.27. The first-order valence-corrected chi connectivity index (χ1v) is 10.6. The van der Waals surface area contributed by atoms with Crippen molar-refractivity contribution >= 4 is 17.5 Å². The third-order valence-corrected chi connectivity index (χ3v) is 8.60. The van der Waals surface area contributed by atoms with Crippen LogP contribution in [-0.2, 0) is 19.1 Å². The van der Waals surface area contributed by atoms with Crippen LogP contribution in [0.4, 0.5) is 0 Å². The molecule has 148 valence electrons. The quantitative estimate of drug-likeness (QED) is 0.679. The first-order valence-electron chi connectivity index (χ1n) is 10.6. The van der Waals surface area contributed by atoms with Crippen LogP contribution in [0.3, 0.4) is 0 Å². The highest BCUT2D eigenvalue weighted by atomic mass is 16.6. The summed E-state index contributed by atoms with van der Waals surface area (Å²) in [7, 11) is 0. The fraction of sp³-hybridized carbons (Fsp3) is 0.783. The number of rotatable bonds is 2. The van der Waals surface area contributed by atoms with E-state index < -0.39 is 5.60 Å². The van der Waals surface area contributed by atoms with Gasteiger partial charge in [0.05, 0.1) is 0 Å². The van der Waals surface area contributed by atoms with Crippen molar-refractivity contribution in [3.63, 3.8) is 0 Å². The summed E-state index contributed by atoms with van der Waals surface area (Å²) in [4.78, 5) is 36.6. The number of carbonyl (C=O) groups is 3. The number of carbonyl (C=O) groups excluding carboxylic acids is 3.